The average molecular weight is 508 g/mol. The first-order chi connectivity index (χ1) is 18.0. The van der Waals surface area contributed by atoms with Gasteiger partial charge in [0, 0.05) is 12.1 Å². The molecule has 2 unspecified atom stereocenters. The first kappa shape index (κ1) is 26.2. The number of carboxylic acids is 1. The van der Waals surface area contributed by atoms with Crippen molar-refractivity contribution in [2.75, 3.05) is 35.0 Å². The zero-order valence-electron chi connectivity index (χ0n) is 21.6. The van der Waals surface area contributed by atoms with Gasteiger partial charge in [0.25, 0.3) is 0 Å². The summed E-state index contributed by atoms with van der Waals surface area (Å²) in [7, 11) is 6.31. The Hall–Kier alpha value is -3.91. The summed E-state index contributed by atoms with van der Waals surface area (Å²) in [6, 6.07) is 18.1. The summed E-state index contributed by atoms with van der Waals surface area (Å²) in [4.78, 5) is 14.2. The Bertz CT molecular complexity index is 1190. The fraction of sp³-hybridized carbons (Fsp3) is 0.345. The summed E-state index contributed by atoms with van der Waals surface area (Å²) >= 11 is 0. The van der Waals surface area contributed by atoms with E-state index in [9.17, 15) is 9.90 Å². The summed E-state index contributed by atoms with van der Waals surface area (Å²) in [5, 5.41) is 10.0. The van der Waals surface area contributed by atoms with Gasteiger partial charge in [0.1, 0.15) is 12.6 Å². The molecule has 1 aliphatic rings. The minimum atomic E-state index is -0.855. The van der Waals surface area contributed by atoms with Crippen LogP contribution in [0.1, 0.15) is 35.6 Å². The number of ether oxygens (including phenoxy) is 5. The zero-order valence-corrected chi connectivity index (χ0v) is 21.6. The molecule has 1 fully saturated rings. The molecule has 3 aromatic rings. The Balaban J connectivity index is 1.84. The Labute approximate surface area is 217 Å². The van der Waals surface area contributed by atoms with Crippen LogP contribution in [0.3, 0.4) is 0 Å². The quantitative estimate of drug-likeness (QED) is 0.391. The number of carboxylic acid groups (broad SMARTS) is 1. The molecule has 37 heavy (non-hydrogen) atoms. The van der Waals surface area contributed by atoms with Crippen molar-refractivity contribution in [1.29, 1.82) is 0 Å². The van der Waals surface area contributed by atoms with Gasteiger partial charge in [-0.05, 0) is 42.2 Å². The van der Waals surface area contributed by atoms with Crippen LogP contribution >= 0.6 is 0 Å². The number of nitrogens with zero attached hydrogens (tertiary/aromatic N) is 1. The lowest BCUT2D eigenvalue weighted by Crippen LogP contribution is -2.39. The van der Waals surface area contributed by atoms with E-state index in [1.165, 1.54) is 0 Å². The van der Waals surface area contributed by atoms with Crippen molar-refractivity contribution < 1.29 is 33.6 Å². The van der Waals surface area contributed by atoms with E-state index >= 15 is 0 Å². The normalized spacial score (nSPS) is 16.2. The van der Waals surface area contributed by atoms with E-state index in [0.717, 1.165) is 23.1 Å². The number of hydrogen-bond acceptors (Lipinski definition) is 7. The van der Waals surface area contributed by atoms with Gasteiger partial charge in [-0.1, -0.05) is 42.5 Å². The van der Waals surface area contributed by atoms with Gasteiger partial charge >= 0.3 is 5.97 Å². The Morgan fingerprint density at radius 3 is 2.16 bits per heavy atom. The number of methoxy groups -OCH3 is 4. The molecule has 4 rings (SSSR count). The van der Waals surface area contributed by atoms with Crippen LogP contribution in [0.15, 0.2) is 60.7 Å². The van der Waals surface area contributed by atoms with E-state index in [1.807, 2.05) is 65.6 Å². The van der Waals surface area contributed by atoms with Crippen LogP contribution in [-0.4, -0.2) is 57.0 Å². The maximum absolute atomic E-state index is 12.2. The summed E-state index contributed by atoms with van der Waals surface area (Å²) in [5.74, 6) is 1.72. The van der Waals surface area contributed by atoms with Crippen molar-refractivity contribution in [2.24, 2.45) is 0 Å². The summed E-state index contributed by atoms with van der Waals surface area (Å²) < 4.78 is 28.9. The van der Waals surface area contributed by atoms with E-state index < -0.39 is 18.1 Å². The molecule has 2 atom stereocenters. The molecular formula is C29H33NO7. The second-order valence-corrected chi connectivity index (χ2v) is 8.75. The molecule has 0 aromatic heterocycles. The third-order valence-corrected chi connectivity index (χ3v) is 6.66. The second kappa shape index (κ2) is 11.9. The number of para-hydroxylation sites is 1. The van der Waals surface area contributed by atoms with Gasteiger partial charge in [0.15, 0.2) is 23.0 Å². The standard InChI is InChI=1S/C29H33NO7/c1-33-23-14-8-12-21(27(23)36-4)26(30-15-9-13-22(30)29(31)32)20-16-24(34-2)28(25(17-20)35-3)37-18-19-10-6-5-7-11-19/h5-8,10-12,14,16-17,22,26H,9,13,15,18H2,1-4H3,(H,31,32). The largest absolute Gasteiger partial charge is 0.493 e. The molecule has 0 amide bonds. The number of carbonyl (C=O) groups is 1. The molecule has 8 heteroatoms. The molecule has 3 aromatic carbocycles. The smallest absolute Gasteiger partial charge is 0.320 e. The lowest BCUT2D eigenvalue weighted by molar-refractivity contribution is -0.142. The molecule has 0 aliphatic carbocycles. The first-order valence-corrected chi connectivity index (χ1v) is 12.1. The highest BCUT2D eigenvalue weighted by atomic mass is 16.5. The predicted molar refractivity (Wildman–Crippen MR) is 139 cm³/mol. The third kappa shape index (κ3) is 5.44. The summed E-state index contributed by atoms with van der Waals surface area (Å²) in [5.41, 5.74) is 2.59. The molecule has 8 nitrogen and oxygen atoms in total. The van der Waals surface area contributed by atoms with Gasteiger partial charge in [-0.3, -0.25) is 9.69 Å². The topological polar surface area (TPSA) is 86.7 Å². The van der Waals surface area contributed by atoms with Gasteiger partial charge in [-0.2, -0.15) is 0 Å². The molecule has 1 N–H and O–H groups in total. The average Bonchev–Trinajstić information content (AvgIpc) is 3.42. The Kier molecular flexibility index (Phi) is 8.40. The van der Waals surface area contributed by atoms with Gasteiger partial charge in [-0.15, -0.1) is 0 Å². The van der Waals surface area contributed by atoms with Crippen LogP contribution in [-0.2, 0) is 11.4 Å². The van der Waals surface area contributed by atoms with Crippen LogP contribution in [0.4, 0.5) is 0 Å². The number of aliphatic carboxylic acids is 1. The predicted octanol–water partition coefficient (Wildman–Crippen LogP) is 4.94. The fourth-order valence-electron chi connectivity index (χ4n) is 4.97. The van der Waals surface area contributed by atoms with Gasteiger partial charge in [0.2, 0.25) is 5.75 Å². The minimum Gasteiger partial charge on any atom is -0.493 e. The molecule has 0 saturated carbocycles. The highest BCUT2D eigenvalue weighted by Crippen LogP contribution is 2.47. The van der Waals surface area contributed by atoms with E-state index in [0.29, 0.717) is 48.3 Å². The lowest BCUT2D eigenvalue weighted by Gasteiger charge is -2.33. The maximum atomic E-state index is 12.2. The van der Waals surface area contributed by atoms with Crippen molar-refractivity contribution in [3.8, 4) is 28.7 Å². The van der Waals surface area contributed by atoms with E-state index in [2.05, 4.69) is 0 Å². The van der Waals surface area contributed by atoms with E-state index in [4.69, 9.17) is 23.7 Å². The van der Waals surface area contributed by atoms with Gasteiger partial charge in [0.05, 0.1) is 34.5 Å². The van der Waals surface area contributed by atoms with Crippen molar-refractivity contribution >= 4 is 5.97 Å². The van der Waals surface area contributed by atoms with Gasteiger partial charge < -0.3 is 28.8 Å². The third-order valence-electron chi connectivity index (χ3n) is 6.66. The number of likely N-dealkylation sites (tertiary alicyclic amines) is 1. The molecule has 0 spiro atoms. The molecule has 0 bridgehead atoms. The highest BCUT2D eigenvalue weighted by molar-refractivity contribution is 5.74. The minimum absolute atomic E-state index is 0.341. The monoisotopic (exact) mass is 507 g/mol. The van der Waals surface area contributed by atoms with Crippen LogP contribution in [0.5, 0.6) is 28.7 Å². The molecule has 1 aliphatic heterocycles. The first-order valence-electron chi connectivity index (χ1n) is 12.1. The summed E-state index contributed by atoms with van der Waals surface area (Å²) in [6.07, 6.45) is 1.33. The Morgan fingerprint density at radius 2 is 1.57 bits per heavy atom. The SMILES string of the molecule is COc1cc(C(c2cccc(OC)c2OC)N2CCCC2C(=O)O)cc(OC)c1OCc1ccccc1. The van der Waals surface area contributed by atoms with E-state index in [1.54, 1.807) is 28.4 Å². The van der Waals surface area contributed by atoms with Crippen LogP contribution in [0.25, 0.3) is 0 Å². The van der Waals surface area contributed by atoms with Crippen molar-refractivity contribution in [2.45, 2.75) is 31.5 Å². The Morgan fingerprint density at radius 1 is 0.892 bits per heavy atom. The zero-order chi connectivity index (χ0) is 26.4. The van der Waals surface area contributed by atoms with Crippen LogP contribution < -0.4 is 23.7 Å². The second-order valence-electron chi connectivity index (χ2n) is 8.75. The van der Waals surface area contributed by atoms with Crippen molar-refractivity contribution in [3.63, 3.8) is 0 Å². The fourth-order valence-corrected chi connectivity index (χ4v) is 4.97. The molecule has 1 heterocycles. The molecule has 0 radical (unpaired) electrons. The van der Waals surface area contributed by atoms with Crippen LogP contribution in [0, 0.1) is 0 Å². The lowest BCUT2D eigenvalue weighted by atomic mass is 9.94. The van der Waals surface area contributed by atoms with Crippen LogP contribution in [0.2, 0.25) is 0 Å². The highest BCUT2D eigenvalue weighted by Gasteiger charge is 2.39. The van der Waals surface area contributed by atoms with Crippen molar-refractivity contribution in [1.82, 2.24) is 4.90 Å². The van der Waals surface area contributed by atoms with E-state index in [-0.39, 0.29) is 0 Å². The number of hydrogen-bond donors (Lipinski definition) is 1. The van der Waals surface area contributed by atoms with Gasteiger partial charge in [-0.25, -0.2) is 0 Å². The number of benzene rings is 3. The maximum Gasteiger partial charge on any atom is 0.320 e. The molecule has 1 saturated heterocycles. The summed E-state index contributed by atoms with van der Waals surface area (Å²) in [6.45, 7) is 0.951. The molecular weight excluding hydrogens is 474 g/mol. The van der Waals surface area contributed by atoms with Crippen molar-refractivity contribution in [3.05, 3.63) is 77.4 Å². The number of rotatable bonds is 11. The molecule has 196 valence electrons.